The molecular formula is C16H22N2O6S. The third-order valence-electron chi connectivity index (χ3n) is 4.24. The number of sulfone groups is 1. The maximum atomic E-state index is 12.7. The molecule has 2 atom stereocenters. The first kappa shape index (κ1) is 19.2. The fourth-order valence-electron chi connectivity index (χ4n) is 2.96. The molecule has 1 aromatic rings. The van der Waals surface area contributed by atoms with E-state index in [1.807, 2.05) is 0 Å². The number of hydrogen-bond donors (Lipinski definition) is 0. The molecule has 1 fully saturated rings. The Morgan fingerprint density at radius 3 is 2.68 bits per heavy atom. The van der Waals surface area contributed by atoms with Crippen LogP contribution in [0, 0.1) is 17.0 Å². The predicted molar refractivity (Wildman–Crippen MR) is 92.4 cm³/mol. The number of hydrogen-bond acceptors (Lipinski definition) is 6. The molecular weight excluding hydrogens is 348 g/mol. The van der Waals surface area contributed by atoms with Crippen LogP contribution in [-0.4, -0.2) is 54.3 Å². The number of ether oxygens (including phenoxy) is 1. The molecule has 0 saturated carbocycles. The molecule has 1 aliphatic heterocycles. The van der Waals surface area contributed by atoms with Gasteiger partial charge in [-0.3, -0.25) is 14.9 Å². The lowest BCUT2D eigenvalue weighted by atomic mass is 10.2. The Hall–Kier alpha value is -2.16. The van der Waals surface area contributed by atoms with Crippen molar-refractivity contribution in [1.29, 1.82) is 0 Å². The number of nitro groups is 1. The lowest BCUT2D eigenvalue weighted by Gasteiger charge is -2.29. The van der Waals surface area contributed by atoms with Crippen LogP contribution in [0.5, 0.6) is 5.75 Å². The highest BCUT2D eigenvalue weighted by atomic mass is 32.2. The zero-order valence-corrected chi connectivity index (χ0v) is 15.3. The number of amides is 1. The Morgan fingerprint density at radius 1 is 1.48 bits per heavy atom. The molecule has 1 aliphatic rings. The number of aryl methyl sites for hydroxylation is 1. The summed E-state index contributed by atoms with van der Waals surface area (Å²) in [6, 6.07) is 4.14. The monoisotopic (exact) mass is 370 g/mol. The van der Waals surface area contributed by atoms with E-state index in [0.717, 1.165) is 0 Å². The molecule has 138 valence electrons. The van der Waals surface area contributed by atoms with Gasteiger partial charge in [-0.1, -0.05) is 6.07 Å². The summed E-state index contributed by atoms with van der Waals surface area (Å²) in [6.07, 6.45) is -0.552. The number of rotatable bonds is 6. The standard InChI is InChI=1S/C16H22N2O6S/c1-4-17(13-7-8-25(22,23)10-13)16(19)12(3)24-15-6-5-11(2)9-14(15)18(20)21/h5-6,9,12-13H,4,7-8,10H2,1-3H3/t12-,13-/m0/s1. The first-order chi connectivity index (χ1) is 11.6. The highest BCUT2D eigenvalue weighted by Gasteiger charge is 2.36. The summed E-state index contributed by atoms with van der Waals surface area (Å²) in [7, 11) is -3.12. The van der Waals surface area contributed by atoms with E-state index in [0.29, 0.717) is 18.5 Å². The highest BCUT2D eigenvalue weighted by Crippen LogP contribution is 2.29. The number of likely N-dealkylation sites (N-methyl/N-ethyl adjacent to an activating group) is 1. The van der Waals surface area contributed by atoms with E-state index in [1.54, 1.807) is 19.9 Å². The predicted octanol–water partition coefficient (Wildman–Crippen LogP) is 1.71. The Bertz CT molecular complexity index is 777. The zero-order chi connectivity index (χ0) is 18.8. The van der Waals surface area contributed by atoms with Crippen molar-refractivity contribution in [3.05, 3.63) is 33.9 Å². The van der Waals surface area contributed by atoms with Gasteiger partial charge in [0.1, 0.15) is 0 Å². The van der Waals surface area contributed by atoms with E-state index in [-0.39, 0.29) is 34.9 Å². The summed E-state index contributed by atoms with van der Waals surface area (Å²) in [5.41, 5.74) is 0.510. The Kier molecular flexibility index (Phi) is 5.66. The van der Waals surface area contributed by atoms with Crippen molar-refractivity contribution in [3.63, 3.8) is 0 Å². The number of carbonyl (C=O) groups excluding carboxylic acids is 1. The quantitative estimate of drug-likeness (QED) is 0.557. The minimum absolute atomic E-state index is 0.0200. The van der Waals surface area contributed by atoms with Gasteiger partial charge in [-0.25, -0.2) is 8.42 Å². The first-order valence-electron chi connectivity index (χ1n) is 8.07. The Balaban J connectivity index is 2.16. The second-order valence-corrected chi connectivity index (χ2v) is 8.40. The molecule has 1 heterocycles. The van der Waals surface area contributed by atoms with Crippen LogP contribution in [0.25, 0.3) is 0 Å². The third kappa shape index (κ3) is 4.47. The summed E-state index contributed by atoms with van der Waals surface area (Å²) in [6.45, 7) is 5.36. The zero-order valence-electron chi connectivity index (χ0n) is 14.5. The van der Waals surface area contributed by atoms with Crippen molar-refractivity contribution >= 4 is 21.4 Å². The van der Waals surface area contributed by atoms with Crippen molar-refractivity contribution in [3.8, 4) is 5.75 Å². The average Bonchev–Trinajstić information content (AvgIpc) is 2.89. The van der Waals surface area contributed by atoms with E-state index >= 15 is 0 Å². The molecule has 0 spiro atoms. The number of nitrogens with zero attached hydrogens (tertiary/aromatic N) is 2. The molecule has 1 aromatic carbocycles. The topological polar surface area (TPSA) is 107 Å². The van der Waals surface area contributed by atoms with Gasteiger partial charge in [0.25, 0.3) is 5.91 Å². The molecule has 25 heavy (non-hydrogen) atoms. The molecule has 0 radical (unpaired) electrons. The first-order valence-corrected chi connectivity index (χ1v) is 9.89. The maximum Gasteiger partial charge on any atom is 0.311 e. The van der Waals surface area contributed by atoms with Gasteiger partial charge in [-0.2, -0.15) is 0 Å². The summed E-state index contributed by atoms with van der Waals surface area (Å²) >= 11 is 0. The molecule has 0 unspecified atom stereocenters. The lowest BCUT2D eigenvalue weighted by molar-refractivity contribution is -0.386. The van der Waals surface area contributed by atoms with Crippen LogP contribution in [0.2, 0.25) is 0 Å². The molecule has 0 aliphatic carbocycles. The van der Waals surface area contributed by atoms with Gasteiger partial charge in [0, 0.05) is 18.7 Å². The van der Waals surface area contributed by atoms with Gasteiger partial charge in [0.2, 0.25) is 0 Å². The second kappa shape index (κ2) is 7.38. The maximum absolute atomic E-state index is 12.7. The molecule has 0 aromatic heterocycles. The van der Waals surface area contributed by atoms with Crippen LogP contribution in [0.4, 0.5) is 5.69 Å². The van der Waals surface area contributed by atoms with Crippen LogP contribution < -0.4 is 4.74 Å². The minimum atomic E-state index is -3.12. The summed E-state index contributed by atoms with van der Waals surface area (Å²) in [4.78, 5) is 24.7. The molecule has 0 N–H and O–H groups in total. The van der Waals surface area contributed by atoms with Crippen molar-refractivity contribution in [2.75, 3.05) is 18.1 Å². The van der Waals surface area contributed by atoms with Gasteiger partial charge < -0.3 is 9.64 Å². The second-order valence-electron chi connectivity index (χ2n) is 6.17. The number of benzene rings is 1. The number of carbonyl (C=O) groups is 1. The Morgan fingerprint density at radius 2 is 2.16 bits per heavy atom. The minimum Gasteiger partial charge on any atom is -0.474 e. The average molecular weight is 370 g/mol. The summed E-state index contributed by atoms with van der Waals surface area (Å²) in [5.74, 6) is -0.338. The van der Waals surface area contributed by atoms with Gasteiger partial charge in [0.15, 0.2) is 21.7 Å². The van der Waals surface area contributed by atoms with Crippen molar-refractivity contribution in [2.45, 2.75) is 39.3 Å². The van der Waals surface area contributed by atoms with Crippen molar-refractivity contribution in [2.24, 2.45) is 0 Å². The van der Waals surface area contributed by atoms with E-state index in [2.05, 4.69) is 0 Å². The van der Waals surface area contributed by atoms with E-state index in [4.69, 9.17) is 4.74 Å². The van der Waals surface area contributed by atoms with Gasteiger partial charge in [-0.15, -0.1) is 0 Å². The van der Waals surface area contributed by atoms with Gasteiger partial charge >= 0.3 is 5.69 Å². The van der Waals surface area contributed by atoms with E-state index in [9.17, 15) is 23.3 Å². The smallest absolute Gasteiger partial charge is 0.311 e. The summed E-state index contributed by atoms with van der Waals surface area (Å²) < 4.78 is 28.8. The van der Waals surface area contributed by atoms with Gasteiger partial charge in [-0.05, 0) is 38.8 Å². The van der Waals surface area contributed by atoms with Crippen LogP contribution in [-0.2, 0) is 14.6 Å². The molecule has 8 nitrogen and oxygen atoms in total. The SMILES string of the molecule is CCN(C(=O)[C@H](C)Oc1ccc(C)cc1[N+](=O)[O-])[C@H]1CCS(=O)(=O)C1. The van der Waals surface area contributed by atoms with E-state index < -0.39 is 20.9 Å². The van der Waals surface area contributed by atoms with Crippen molar-refractivity contribution in [1.82, 2.24) is 4.90 Å². The Labute approximate surface area is 146 Å². The number of nitro benzene ring substituents is 1. The normalized spacial score (nSPS) is 20.0. The van der Waals surface area contributed by atoms with Gasteiger partial charge in [0.05, 0.1) is 16.4 Å². The van der Waals surface area contributed by atoms with Crippen molar-refractivity contribution < 1.29 is 22.9 Å². The van der Waals surface area contributed by atoms with Crippen LogP contribution in [0.3, 0.4) is 0 Å². The van der Waals surface area contributed by atoms with Crippen LogP contribution >= 0.6 is 0 Å². The summed E-state index contributed by atoms with van der Waals surface area (Å²) in [5, 5.41) is 11.2. The highest BCUT2D eigenvalue weighted by molar-refractivity contribution is 7.91. The molecule has 0 bridgehead atoms. The molecule has 1 saturated heterocycles. The third-order valence-corrected chi connectivity index (χ3v) is 5.99. The lowest BCUT2D eigenvalue weighted by Crippen LogP contribution is -2.46. The van der Waals surface area contributed by atoms with Crippen LogP contribution in [0.15, 0.2) is 18.2 Å². The van der Waals surface area contributed by atoms with E-state index in [1.165, 1.54) is 24.0 Å². The molecule has 1 amide bonds. The molecule has 9 heteroatoms. The fourth-order valence-corrected chi connectivity index (χ4v) is 4.69. The largest absolute Gasteiger partial charge is 0.474 e. The molecule has 2 rings (SSSR count). The van der Waals surface area contributed by atoms with Crippen LogP contribution in [0.1, 0.15) is 25.8 Å². The fraction of sp³-hybridized carbons (Fsp3) is 0.562.